The van der Waals surface area contributed by atoms with Crippen LogP contribution in [0.2, 0.25) is 0 Å². The van der Waals surface area contributed by atoms with Gasteiger partial charge in [-0.2, -0.15) is 0 Å². The van der Waals surface area contributed by atoms with Crippen LogP contribution in [-0.2, 0) is 10.0 Å². The van der Waals surface area contributed by atoms with Gasteiger partial charge in [0.15, 0.2) is 0 Å². The highest BCUT2D eigenvalue weighted by Crippen LogP contribution is 2.09. The molecule has 0 spiro atoms. The Morgan fingerprint density at radius 2 is 1.59 bits per heavy atom. The fourth-order valence-corrected chi connectivity index (χ4v) is 2.97. The topological polar surface area (TPSA) is 75.3 Å². The maximum absolute atomic E-state index is 12.0. The minimum Gasteiger partial charge on any atom is -0.337 e. The van der Waals surface area contributed by atoms with Gasteiger partial charge in [0.2, 0.25) is 0 Å². The minimum absolute atomic E-state index is 0.0906. The lowest BCUT2D eigenvalue weighted by Gasteiger charge is -2.09. The van der Waals surface area contributed by atoms with Gasteiger partial charge in [-0.15, -0.1) is 0 Å². The number of nitrogens with one attached hydrogen (secondary N) is 2. The van der Waals surface area contributed by atoms with Crippen molar-refractivity contribution in [3.63, 3.8) is 0 Å². The number of hydrogen-bond acceptors (Lipinski definition) is 3. The van der Waals surface area contributed by atoms with E-state index in [9.17, 15) is 13.2 Å². The molecule has 2 amide bonds. The van der Waals surface area contributed by atoms with Crippen molar-refractivity contribution in [2.45, 2.75) is 57.3 Å². The highest BCUT2D eigenvalue weighted by atomic mass is 32.2. The number of benzene rings is 1. The van der Waals surface area contributed by atoms with Gasteiger partial charge in [0.1, 0.15) is 0 Å². The fraction of sp³-hybridized carbons (Fsp3) is 0.562. The summed E-state index contributed by atoms with van der Waals surface area (Å²) >= 11 is 0. The van der Waals surface area contributed by atoms with Crippen LogP contribution in [0.15, 0.2) is 29.2 Å². The second-order valence-corrected chi connectivity index (χ2v) is 7.12. The molecule has 0 saturated heterocycles. The number of carbonyl (C=O) groups is 1. The maximum atomic E-state index is 12.0. The van der Waals surface area contributed by atoms with Gasteiger partial charge >= 0.3 is 6.03 Å². The molecule has 0 saturated carbocycles. The van der Waals surface area contributed by atoms with Crippen LogP contribution in [0.25, 0.3) is 0 Å². The van der Waals surface area contributed by atoms with Gasteiger partial charge in [-0.25, -0.2) is 17.9 Å². The van der Waals surface area contributed by atoms with Crippen LogP contribution in [0.3, 0.4) is 0 Å². The molecule has 0 aliphatic rings. The first-order valence-electron chi connectivity index (χ1n) is 7.83. The molecular weight excluding hydrogens is 300 g/mol. The van der Waals surface area contributed by atoms with E-state index in [0.29, 0.717) is 6.54 Å². The van der Waals surface area contributed by atoms with Gasteiger partial charge in [0.25, 0.3) is 10.0 Å². The van der Waals surface area contributed by atoms with Crippen molar-refractivity contribution in [3.8, 4) is 0 Å². The Morgan fingerprint density at radius 3 is 2.23 bits per heavy atom. The summed E-state index contributed by atoms with van der Waals surface area (Å²) in [5, 5.41) is 2.58. The van der Waals surface area contributed by atoms with Gasteiger partial charge in [0.05, 0.1) is 4.90 Å². The molecule has 1 aromatic rings. The number of amides is 2. The second kappa shape index (κ2) is 9.46. The zero-order chi connectivity index (χ0) is 16.4. The Balaban J connectivity index is 2.30. The fourth-order valence-electron chi connectivity index (χ4n) is 2.04. The lowest BCUT2D eigenvalue weighted by atomic mass is 10.1. The summed E-state index contributed by atoms with van der Waals surface area (Å²) in [6, 6.07) is 5.69. The Labute approximate surface area is 133 Å². The van der Waals surface area contributed by atoms with Crippen LogP contribution in [0.1, 0.15) is 51.0 Å². The van der Waals surface area contributed by atoms with Crippen LogP contribution in [-0.4, -0.2) is 21.0 Å². The van der Waals surface area contributed by atoms with Gasteiger partial charge in [0, 0.05) is 6.54 Å². The van der Waals surface area contributed by atoms with Crippen LogP contribution < -0.4 is 10.0 Å². The number of rotatable bonds is 9. The molecule has 0 aromatic heterocycles. The number of aryl methyl sites for hydroxylation is 1. The lowest BCUT2D eigenvalue weighted by molar-refractivity contribution is 0.245. The van der Waals surface area contributed by atoms with E-state index in [0.717, 1.165) is 24.8 Å². The Morgan fingerprint density at radius 1 is 1.00 bits per heavy atom. The third kappa shape index (κ3) is 6.93. The Kier molecular flexibility index (Phi) is 7.95. The van der Waals surface area contributed by atoms with E-state index >= 15 is 0 Å². The highest BCUT2D eigenvalue weighted by Gasteiger charge is 2.16. The monoisotopic (exact) mass is 326 g/mol. The summed E-state index contributed by atoms with van der Waals surface area (Å²) < 4.78 is 26.0. The van der Waals surface area contributed by atoms with Gasteiger partial charge in [-0.1, -0.05) is 56.7 Å². The lowest BCUT2D eigenvalue weighted by Crippen LogP contribution is -2.39. The predicted molar refractivity (Wildman–Crippen MR) is 88.3 cm³/mol. The van der Waals surface area contributed by atoms with Gasteiger partial charge in [-0.05, 0) is 25.5 Å². The number of urea groups is 1. The zero-order valence-corrected chi connectivity index (χ0v) is 14.2. The average molecular weight is 326 g/mol. The zero-order valence-electron chi connectivity index (χ0n) is 13.4. The van der Waals surface area contributed by atoms with Crippen LogP contribution in [0.4, 0.5) is 4.79 Å². The molecule has 124 valence electrons. The molecule has 0 aliphatic heterocycles. The van der Waals surface area contributed by atoms with Crippen LogP contribution >= 0.6 is 0 Å². The molecule has 0 fully saturated rings. The summed E-state index contributed by atoms with van der Waals surface area (Å²) in [5.74, 6) is 0. The number of hydrogen-bond donors (Lipinski definition) is 2. The first-order chi connectivity index (χ1) is 10.5. The summed E-state index contributed by atoms with van der Waals surface area (Å²) in [6.07, 6.45) is 6.72. The van der Waals surface area contributed by atoms with E-state index in [1.54, 1.807) is 12.1 Å². The number of unbranched alkanes of at least 4 members (excludes halogenated alkanes) is 5. The molecular formula is C16H26N2O3S. The maximum Gasteiger partial charge on any atom is 0.328 e. The van der Waals surface area contributed by atoms with E-state index in [-0.39, 0.29) is 4.90 Å². The number of carbonyl (C=O) groups excluding carboxylic acids is 1. The van der Waals surface area contributed by atoms with Crippen molar-refractivity contribution >= 4 is 16.1 Å². The summed E-state index contributed by atoms with van der Waals surface area (Å²) in [5.41, 5.74) is 0.964. The van der Waals surface area contributed by atoms with Gasteiger partial charge < -0.3 is 5.32 Å². The van der Waals surface area contributed by atoms with Crippen molar-refractivity contribution in [2.24, 2.45) is 0 Å². The Hall–Kier alpha value is -1.56. The third-order valence-electron chi connectivity index (χ3n) is 3.37. The molecule has 0 heterocycles. The first-order valence-corrected chi connectivity index (χ1v) is 9.31. The largest absolute Gasteiger partial charge is 0.337 e. The van der Waals surface area contributed by atoms with E-state index < -0.39 is 16.1 Å². The van der Waals surface area contributed by atoms with Crippen LogP contribution in [0.5, 0.6) is 0 Å². The molecule has 1 rings (SSSR count). The van der Waals surface area contributed by atoms with E-state index in [2.05, 4.69) is 12.2 Å². The normalized spacial score (nSPS) is 11.2. The molecule has 0 radical (unpaired) electrons. The second-order valence-electron chi connectivity index (χ2n) is 5.44. The molecule has 5 nitrogen and oxygen atoms in total. The first kappa shape index (κ1) is 18.5. The smallest absolute Gasteiger partial charge is 0.328 e. The SMILES string of the molecule is CCCCCCCCNC(=O)NS(=O)(=O)c1ccc(C)cc1. The molecule has 0 unspecified atom stereocenters. The van der Waals surface area contributed by atoms with Crippen molar-refractivity contribution in [2.75, 3.05) is 6.54 Å². The highest BCUT2D eigenvalue weighted by molar-refractivity contribution is 7.90. The van der Waals surface area contributed by atoms with Gasteiger partial charge in [-0.3, -0.25) is 0 Å². The molecule has 2 N–H and O–H groups in total. The van der Waals surface area contributed by atoms with E-state index in [1.165, 1.54) is 31.4 Å². The molecule has 6 heteroatoms. The molecule has 0 bridgehead atoms. The van der Waals surface area contributed by atoms with Crippen molar-refractivity contribution in [3.05, 3.63) is 29.8 Å². The van der Waals surface area contributed by atoms with E-state index in [4.69, 9.17) is 0 Å². The Bertz CT molecular complexity index is 553. The molecule has 22 heavy (non-hydrogen) atoms. The predicted octanol–water partition coefficient (Wildman–Crippen LogP) is 3.34. The molecule has 0 aliphatic carbocycles. The summed E-state index contributed by atoms with van der Waals surface area (Å²) in [6.45, 7) is 4.53. The standard InChI is InChI=1S/C16H26N2O3S/c1-3-4-5-6-7-8-13-17-16(19)18-22(20,21)15-11-9-14(2)10-12-15/h9-12H,3-8,13H2,1-2H3,(H2,17,18,19). The number of sulfonamides is 1. The molecule has 0 atom stereocenters. The van der Waals surface area contributed by atoms with Crippen LogP contribution in [0, 0.1) is 6.92 Å². The van der Waals surface area contributed by atoms with Crippen molar-refractivity contribution in [1.29, 1.82) is 0 Å². The summed E-state index contributed by atoms with van der Waals surface area (Å²) in [7, 11) is -3.79. The van der Waals surface area contributed by atoms with Crippen molar-refractivity contribution in [1.82, 2.24) is 10.0 Å². The van der Waals surface area contributed by atoms with E-state index in [1.807, 2.05) is 11.6 Å². The average Bonchev–Trinajstić information content (AvgIpc) is 2.46. The molecule has 1 aromatic carbocycles. The third-order valence-corrected chi connectivity index (χ3v) is 4.72. The van der Waals surface area contributed by atoms with Crippen molar-refractivity contribution < 1.29 is 13.2 Å². The summed E-state index contributed by atoms with van der Waals surface area (Å²) in [4.78, 5) is 11.7. The minimum atomic E-state index is -3.79. The quantitative estimate of drug-likeness (QED) is 0.683.